The molecule has 41 heavy (non-hydrogen) atoms. The minimum atomic E-state index is -0.946. The fraction of sp³-hybridized carbons (Fsp3) is 0. The molecule has 5 aromatic rings. The second-order valence-electron chi connectivity index (χ2n) is 9.50. The molecular formula is C34H24N4O3. The molecule has 5 heterocycles. The lowest BCUT2D eigenvalue weighted by atomic mass is 10.0. The fourth-order valence-electron chi connectivity index (χ4n) is 4.57. The summed E-state index contributed by atoms with van der Waals surface area (Å²) in [7, 11) is 0. The Morgan fingerprint density at radius 3 is 1.83 bits per heavy atom. The first-order chi connectivity index (χ1) is 20.0. The van der Waals surface area contributed by atoms with Gasteiger partial charge in [0, 0.05) is 33.2 Å². The molecule has 8 bridgehead atoms. The topological polar surface area (TPSA) is 112 Å². The van der Waals surface area contributed by atoms with Gasteiger partial charge in [0.1, 0.15) is 6.29 Å². The minimum Gasteiger partial charge on any atom is -0.478 e. The third-order valence-corrected chi connectivity index (χ3v) is 6.54. The van der Waals surface area contributed by atoms with Crippen LogP contribution in [0.25, 0.3) is 45.9 Å². The predicted molar refractivity (Wildman–Crippen MR) is 162 cm³/mol. The molecule has 0 unspecified atom stereocenters. The highest BCUT2D eigenvalue weighted by molar-refractivity contribution is 5.94. The molecule has 7 nitrogen and oxygen atoms in total. The van der Waals surface area contributed by atoms with E-state index in [0.29, 0.717) is 0 Å². The number of H-pyrrole nitrogens is 2. The van der Waals surface area contributed by atoms with Crippen LogP contribution in [0.5, 0.6) is 0 Å². The highest BCUT2D eigenvalue weighted by atomic mass is 16.4. The number of carboxylic acid groups (broad SMARTS) is 1. The molecule has 0 spiro atoms. The molecule has 0 aliphatic carbocycles. The number of aldehydes is 1. The van der Waals surface area contributed by atoms with Crippen LogP contribution in [0.15, 0.2) is 103 Å². The third kappa shape index (κ3) is 5.94. The van der Waals surface area contributed by atoms with Crippen molar-refractivity contribution in [2.75, 3.05) is 0 Å². The van der Waals surface area contributed by atoms with Crippen molar-refractivity contribution in [2.24, 2.45) is 0 Å². The number of hydrogen-bond acceptors (Lipinski definition) is 4. The van der Waals surface area contributed by atoms with E-state index >= 15 is 0 Å². The summed E-state index contributed by atoms with van der Waals surface area (Å²) >= 11 is 0. The van der Waals surface area contributed by atoms with E-state index in [1.165, 1.54) is 0 Å². The number of carbonyl (C=O) groups excluding carboxylic acids is 1. The number of aromatic carboxylic acids is 1. The van der Waals surface area contributed by atoms with E-state index in [0.717, 1.165) is 67.8 Å². The van der Waals surface area contributed by atoms with Gasteiger partial charge in [-0.25, -0.2) is 14.8 Å². The van der Waals surface area contributed by atoms with E-state index < -0.39 is 5.97 Å². The standard InChI is InChI=1S/C27H18N4O2.C7H6O/c32-27(33)17-3-1-16(2-4-17)25-14-24-13-22-8-7-20(29-22)11-18-5-6-19(28-18)12-21-9-10-23(30-21)15-26(25)31-24;8-6-7-4-2-1-3-5-7/h1-15,28-29H,(H,32,33);1-6H. The maximum Gasteiger partial charge on any atom is 0.335 e. The van der Waals surface area contributed by atoms with Gasteiger partial charge >= 0.3 is 5.97 Å². The Labute approximate surface area is 235 Å². The van der Waals surface area contributed by atoms with Crippen molar-refractivity contribution < 1.29 is 14.7 Å². The van der Waals surface area contributed by atoms with E-state index in [1.54, 1.807) is 24.3 Å². The van der Waals surface area contributed by atoms with Crippen molar-refractivity contribution >= 4 is 58.1 Å². The van der Waals surface area contributed by atoms with Gasteiger partial charge in [-0.05, 0) is 84.5 Å². The van der Waals surface area contributed by atoms with Crippen LogP contribution in [0, 0.1) is 0 Å². The predicted octanol–water partition coefficient (Wildman–Crippen LogP) is 7.27. The molecule has 7 rings (SSSR count). The Morgan fingerprint density at radius 1 is 0.659 bits per heavy atom. The number of hydrogen-bond donors (Lipinski definition) is 3. The molecule has 7 heteroatoms. The van der Waals surface area contributed by atoms with Crippen molar-refractivity contribution in [2.45, 2.75) is 0 Å². The van der Waals surface area contributed by atoms with Gasteiger partial charge < -0.3 is 15.1 Å². The van der Waals surface area contributed by atoms with Crippen molar-refractivity contribution in [3.05, 3.63) is 143 Å². The number of aromatic nitrogens is 4. The van der Waals surface area contributed by atoms with Crippen LogP contribution in [0.3, 0.4) is 0 Å². The van der Waals surface area contributed by atoms with Crippen molar-refractivity contribution in [3.63, 3.8) is 0 Å². The Balaban J connectivity index is 0.000000328. The average molecular weight is 537 g/mol. The SMILES string of the molecule is O=C(O)c1ccc(C2=Cc3cc4ccc(cc5ccc(cc6nc(cc2n3)C=C6)[nH]5)[nH]4)cc1.O=Cc1ccccc1. The summed E-state index contributed by atoms with van der Waals surface area (Å²) in [6, 6.07) is 32.1. The van der Waals surface area contributed by atoms with Gasteiger partial charge in [-0.15, -0.1) is 0 Å². The summed E-state index contributed by atoms with van der Waals surface area (Å²) in [6.45, 7) is 0. The first kappa shape index (κ1) is 25.5. The molecule has 2 aliphatic heterocycles. The first-order valence-electron chi connectivity index (χ1n) is 12.9. The summed E-state index contributed by atoms with van der Waals surface area (Å²) in [5, 5.41) is 9.22. The normalized spacial score (nSPS) is 11.8. The molecule has 0 radical (unpaired) electrons. The molecular weight excluding hydrogens is 512 g/mol. The Morgan fingerprint density at radius 2 is 1.24 bits per heavy atom. The monoisotopic (exact) mass is 536 g/mol. The van der Waals surface area contributed by atoms with Crippen molar-refractivity contribution in [3.8, 4) is 0 Å². The molecule has 3 N–H and O–H groups in total. The van der Waals surface area contributed by atoms with Crippen molar-refractivity contribution in [1.29, 1.82) is 0 Å². The number of nitrogens with zero attached hydrogens (tertiary/aromatic N) is 2. The number of nitrogens with one attached hydrogen (secondary N) is 2. The number of benzene rings is 2. The van der Waals surface area contributed by atoms with Crippen LogP contribution in [0.4, 0.5) is 0 Å². The number of aromatic amines is 2. The second kappa shape index (κ2) is 11.1. The largest absolute Gasteiger partial charge is 0.478 e. The van der Waals surface area contributed by atoms with E-state index in [4.69, 9.17) is 9.97 Å². The zero-order chi connectivity index (χ0) is 28.2. The first-order valence-corrected chi connectivity index (χ1v) is 12.9. The summed E-state index contributed by atoms with van der Waals surface area (Å²) < 4.78 is 0. The van der Waals surface area contributed by atoms with E-state index in [1.807, 2.05) is 91.0 Å². The summed E-state index contributed by atoms with van der Waals surface area (Å²) in [5.41, 5.74) is 9.95. The van der Waals surface area contributed by atoms with Gasteiger partial charge in [0.2, 0.25) is 0 Å². The molecule has 0 saturated heterocycles. The molecule has 3 aromatic heterocycles. The van der Waals surface area contributed by atoms with Crippen LogP contribution in [0.2, 0.25) is 0 Å². The van der Waals surface area contributed by atoms with Crippen LogP contribution in [-0.4, -0.2) is 37.3 Å². The lowest BCUT2D eigenvalue weighted by Crippen LogP contribution is -1.96. The van der Waals surface area contributed by atoms with Gasteiger partial charge in [-0.1, -0.05) is 42.5 Å². The van der Waals surface area contributed by atoms with Gasteiger partial charge in [0.25, 0.3) is 0 Å². The highest BCUT2D eigenvalue weighted by Gasteiger charge is 2.14. The lowest BCUT2D eigenvalue weighted by molar-refractivity contribution is 0.0696. The molecule has 2 aliphatic rings. The second-order valence-corrected chi connectivity index (χ2v) is 9.50. The van der Waals surface area contributed by atoms with Gasteiger partial charge in [-0.2, -0.15) is 0 Å². The number of carboxylic acids is 1. The van der Waals surface area contributed by atoms with Gasteiger partial charge in [0.15, 0.2) is 0 Å². The van der Waals surface area contributed by atoms with Crippen LogP contribution >= 0.6 is 0 Å². The van der Waals surface area contributed by atoms with Gasteiger partial charge in [-0.3, -0.25) is 4.79 Å². The maximum absolute atomic E-state index is 11.2. The number of rotatable bonds is 3. The molecule has 198 valence electrons. The van der Waals surface area contributed by atoms with Crippen molar-refractivity contribution in [1.82, 2.24) is 19.9 Å². The quantitative estimate of drug-likeness (QED) is 0.206. The van der Waals surface area contributed by atoms with Crippen LogP contribution in [0.1, 0.15) is 49.1 Å². The van der Waals surface area contributed by atoms with Gasteiger partial charge in [0.05, 0.1) is 28.3 Å². The number of carbonyl (C=O) groups is 2. The molecule has 0 amide bonds. The molecule has 0 saturated carbocycles. The fourth-order valence-corrected chi connectivity index (χ4v) is 4.57. The molecule has 2 aromatic carbocycles. The average Bonchev–Trinajstić information content (AvgIpc) is 3.80. The van der Waals surface area contributed by atoms with Crippen LogP contribution < -0.4 is 0 Å². The van der Waals surface area contributed by atoms with E-state index in [2.05, 4.69) is 16.0 Å². The summed E-state index contributed by atoms with van der Waals surface area (Å²) in [6.07, 6.45) is 6.78. The highest BCUT2D eigenvalue weighted by Crippen LogP contribution is 2.29. The molecule has 0 fully saturated rings. The number of fused-ring (bicyclic) bond motifs is 8. The molecule has 0 atom stereocenters. The Bertz CT molecular complexity index is 1980. The lowest BCUT2D eigenvalue weighted by Gasteiger charge is -2.03. The smallest absolute Gasteiger partial charge is 0.335 e. The third-order valence-electron chi connectivity index (χ3n) is 6.54. The zero-order valence-corrected chi connectivity index (χ0v) is 21.8. The Hall–Kier alpha value is -5.82. The maximum atomic E-state index is 11.2. The van der Waals surface area contributed by atoms with E-state index in [-0.39, 0.29) is 5.56 Å². The minimum absolute atomic E-state index is 0.251. The zero-order valence-electron chi connectivity index (χ0n) is 21.8. The Kier molecular flexibility index (Phi) is 6.90. The summed E-state index contributed by atoms with van der Waals surface area (Å²) in [4.78, 5) is 37.6. The summed E-state index contributed by atoms with van der Waals surface area (Å²) in [5.74, 6) is -0.946. The van der Waals surface area contributed by atoms with Crippen LogP contribution in [-0.2, 0) is 0 Å². The van der Waals surface area contributed by atoms with E-state index in [9.17, 15) is 14.7 Å².